The highest BCUT2D eigenvalue weighted by Gasteiger charge is 2.28. The summed E-state index contributed by atoms with van der Waals surface area (Å²) in [5.74, 6) is 0.599. The van der Waals surface area contributed by atoms with Gasteiger partial charge in [0.25, 0.3) is 5.91 Å². The molecule has 0 saturated heterocycles. The number of nitrogens with zero attached hydrogens (tertiary/aromatic N) is 1. The molecule has 1 amide bonds. The van der Waals surface area contributed by atoms with E-state index in [0.29, 0.717) is 11.4 Å². The van der Waals surface area contributed by atoms with E-state index in [9.17, 15) is 4.79 Å². The molecular weight excluding hydrogens is 262 g/mol. The molecule has 0 aliphatic carbocycles. The lowest BCUT2D eigenvalue weighted by Gasteiger charge is -2.29. The van der Waals surface area contributed by atoms with E-state index in [4.69, 9.17) is 0 Å². The molecule has 0 fully saturated rings. The van der Waals surface area contributed by atoms with Gasteiger partial charge in [-0.15, -0.1) is 0 Å². The molecule has 0 bridgehead atoms. The van der Waals surface area contributed by atoms with E-state index in [1.165, 1.54) is 11.1 Å². The standard InChI is InChI=1S/C17H19N3O/c1-9-6-5-7-13(12(9)4)15-19-16-14(17(21)20-15)10(2)8-11(3)18-16/h5-8,15H,1-4H3,(H,18,19)(H,20,21). The Labute approximate surface area is 124 Å². The van der Waals surface area contributed by atoms with Crippen LogP contribution in [0.2, 0.25) is 0 Å². The molecule has 1 aromatic carbocycles. The number of hydrogen-bond donors (Lipinski definition) is 2. The normalized spacial score (nSPS) is 17.0. The molecule has 1 aromatic heterocycles. The van der Waals surface area contributed by atoms with Crippen LogP contribution in [0.15, 0.2) is 24.3 Å². The van der Waals surface area contributed by atoms with E-state index in [0.717, 1.165) is 16.8 Å². The number of benzene rings is 1. The molecule has 2 heterocycles. The predicted octanol–water partition coefficient (Wildman–Crippen LogP) is 3.17. The largest absolute Gasteiger partial charge is 0.346 e. The Kier molecular flexibility index (Phi) is 3.16. The van der Waals surface area contributed by atoms with E-state index < -0.39 is 0 Å². The summed E-state index contributed by atoms with van der Waals surface area (Å²) in [6, 6.07) is 8.05. The number of aromatic nitrogens is 1. The lowest BCUT2D eigenvalue weighted by molar-refractivity contribution is 0.0934. The molecular formula is C17H19N3O. The summed E-state index contributed by atoms with van der Waals surface area (Å²) in [4.78, 5) is 16.9. The van der Waals surface area contributed by atoms with Crippen molar-refractivity contribution >= 4 is 11.7 Å². The van der Waals surface area contributed by atoms with Crippen molar-refractivity contribution in [1.82, 2.24) is 10.3 Å². The molecule has 21 heavy (non-hydrogen) atoms. The van der Waals surface area contributed by atoms with Crippen LogP contribution in [0.25, 0.3) is 0 Å². The molecule has 0 saturated carbocycles. The van der Waals surface area contributed by atoms with Crippen molar-refractivity contribution in [2.24, 2.45) is 0 Å². The molecule has 1 atom stereocenters. The number of nitrogens with one attached hydrogen (secondary N) is 2. The Balaban J connectivity index is 2.06. The van der Waals surface area contributed by atoms with Crippen molar-refractivity contribution in [3.8, 4) is 0 Å². The summed E-state index contributed by atoms with van der Waals surface area (Å²) in [7, 11) is 0. The van der Waals surface area contributed by atoms with Crippen molar-refractivity contribution in [2.45, 2.75) is 33.9 Å². The van der Waals surface area contributed by atoms with E-state index in [-0.39, 0.29) is 12.1 Å². The fourth-order valence-electron chi connectivity index (χ4n) is 2.85. The molecule has 0 radical (unpaired) electrons. The van der Waals surface area contributed by atoms with Crippen molar-refractivity contribution < 1.29 is 4.79 Å². The molecule has 1 aliphatic rings. The van der Waals surface area contributed by atoms with Crippen molar-refractivity contribution in [3.05, 3.63) is 57.8 Å². The average molecular weight is 281 g/mol. The van der Waals surface area contributed by atoms with Crippen LogP contribution in [-0.2, 0) is 0 Å². The smallest absolute Gasteiger partial charge is 0.257 e. The molecule has 4 nitrogen and oxygen atoms in total. The highest BCUT2D eigenvalue weighted by Crippen LogP contribution is 2.29. The topological polar surface area (TPSA) is 54.0 Å². The molecule has 0 spiro atoms. The molecule has 2 aromatic rings. The zero-order chi connectivity index (χ0) is 15.1. The van der Waals surface area contributed by atoms with Crippen molar-refractivity contribution in [3.63, 3.8) is 0 Å². The minimum Gasteiger partial charge on any atom is -0.346 e. The first-order valence-corrected chi connectivity index (χ1v) is 7.09. The van der Waals surface area contributed by atoms with Crippen LogP contribution < -0.4 is 10.6 Å². The summed E-state index contributed by atoms with van der Waals surface area (Å²) in [6.07, 6.45) is -0.237. The number of hydrogen-bond acceptors (Lipinski definition) is 3. The summed E-state index contributed by atoms with van der Waals surface area (Å²) < 4.78 is 0. The highest BCUT2D eigenvalue weighted by molar-refractivity contribution is 6.02. The second kappa shape index (κ2) is 4.88. The quantitative estimate of drug-likeness (QED) is 0.844. The number of carbonyl (C=O) groups is 1. The van der Waals surface area contributed by atoms with Gasteiger partial charge in [0.05, 0.1) is 5.56 Å². The number of fused-ring (bicyclic) bond motifs is 1. The lowest BCUT2D eigenvalue weighted by Crippen LogP contribution is -2.40. The second-order valence-corrected chi connectivity index (χ2v) is 5.64. The Hall–Kier alpha value is -2.36. The van der Waals surface area contributed by atoms with E-state index in [1.807, 2.05) is 32.0 Å². The van der Waals surface area contributed by atoms with Crippen LogP contribution in [0.5, 0.6) is 0 Å². The molecule has 4 heteroatoms. The number of carbonyl (C=O) groups excluding carboxylic acids is 1. The van der Waals surface area contributed by atoms with E-state index in [2.05, 4.69) is 35.5 Å². The Morgan fingerprint density at radius 2 is 1.81 bits per heavy atom. The fraction of sp³-hybridized carbons (Fsp3) is 0.294. The third kappa shape index (κ3) is 2.27. The minimum atomic E-state index is -0.237. The second-order valence-electron chi connectivity index (χ2n) is 5.64. The Morgan fingerprint density at radius 3 is 2.57 bits per heavy atom. The number of rotatable bonds is 1. The molecule has 3 rings (SSSR count). The molecule has 1 aliphatic heterocycles. The maximum Gasteiger partial charge on any atom is 0.257 e. The van der Waals surface area contributed by atoms with Gasteiger partial charge in [-0.2, -0.15) is 0 Å². The van der Waals surface area contributed by atoms with Crippen LogP contribution in [0.1, 0.15) is 44.5 Å². The summed E-state index contributed by atoms with van der Waals surface area (Å²) in [6.45, 7) is 8.02. The van der Waals surface area contributed by atoms with Crippen LogP contribution in [0, 0.1) is 27.7 Å². The van der Waals surface area contributed by atoms with E-state index >= 15 is 0 Å². The van der Waals surface area contributed by atoms with Gasteiger partial charge in [0.15, 0.2) is 0 Å². The van der Waals surface area contributed by atoms with Crippen LogP contribution in [0.3, 0.4) is 0 Å². The first kappa shape index (κ1) is 13.6. The first-order valence-electron chi connectivity index (χ1n) is 7.09. The molecule has 108 valence electrons. The molecule has 1 unspecified atom stereocenters. The van der Waals surface area contributed by atoms with Crippen LogP contribution >= 0.6 is 0 Å². The van der Waals surface area contributed by atoms with Gasteiger partial charge in [-0.1, -0.05) is 18.2 Å². The fourth-order valence-corrected chi connectivity index (χ4v) is 2.85. The molecule has 2 N–H and O–H groups in total. The van der Waals surface area contributed by atoms with E-state index in [1.54, 1.807) is 0 Å². The Bertz CT molecular complexity index is 737. The van der Waals surface area contributed by atoms with Crippen LogP contribution in [0.4, 0.5) is 5.82 Å². The minimum absolute atomic E-state index is 0.0698. The summed E-state index contributed by atoms with van der Waals surface area (Å²) in [5.41, 5.74) is 5.97. The van der Waals surface area contributed by atoms with Crippen molar-refractivity contribution in [2.75, 3.05) is 5.32 Å². The zero-order valence-electron chi connectivity index (χ0n) is 12.7. The van der Waals surface area contributed by atoms with Gasteiger partial charge in [-0.05, 0) is 56.0 Å². The number of pyridine rings is 1. The third-order valence-corrected chi connectivity index (χ3v) is 4.09. The Morgan fingerprint density at radius 1 is 1.05 bits per heavy atom. The summed E-state index contributed by atoms with van der Waals surface area (Å²) >= 11 is 0. The average Bonchev–Trinajstić information content (AvgIpc) is 2.40. The van der Waals surface area contributed by atoms with Gasteiger partial charge in [-0.25, -0.2) is 4.98 Å². The maximum absolute atomic E-state index is 12.4. The SMILES string of the molecule is Cc1cc(C)c2c(n1)NC(c1cccc(C)c1C)NC2=O. The van der Waals surface area contributed by atoms with Gasteiger partial charge in [-0.3, -0.25) is 4.79 Å². The number of amides is 1. The van der Waals surface area contributed by atoms with Gasteiger partial charge in [0, 0.05) is 5.69 Å². The zero-order valence-corrected chi connectivity index (χ0v) is 12.7. The highest BCUT2D eigenvalue weighted by atomic mass is 16.2. The van der Waals surface area contributed by atoms with Gasteiger partial charge in [0.2, 0.25) is 0 Å². The number of anilines is 1. The summed E-state index contributed by atoms with van der Waals surface area (Å²) in [5, 5.41) is 6.38. The van der Waals surface area contributed by atoms with Gasteiger partial charge in [0.1, 0.15) is 12.0 Å². The monoisotopic (exact) mass is 281 g/mol. The predicted molar refractivity (Wildman–Crippen MR) is 83.5 cm³/mol. The number of aryl methyl sites for hydroxylation is 3. The van der Waals surface area contributed by atoms with Crippen molar-refractivity contribution in [1.29, 1.82) is 0 Å². The first-order chi connectivity index (χ1) is 9.97. The van der Waals surface area contributed by atoms with Gasteiger partial charge < -0.3 is 10.6 Å². The van der Waals surface area contributed by atoms with Gasteiger partial charge >= 0.3 is 0 Å². The lowest BCUT2D eigenvalue weighted by atomic mass is 9.98. The third-order valence-electron chi connectivity index (χ3n) is 4.09. The maximum atomic E-state index is 12.4. The van der Waals surface area contributed by atoms with Crippen LogP contribution in [-0.4, -0.2) is 10.9 Å².